The van der Waals surface area contributed by atoms with Crippen LogP contribution in [0.25, 0.3) is 0 Å². The summed E-state index contributed by atoms with van der Waals surface area (Å²) in [6.07, 6.45) is 4.31. The maximum Gasteiger partial charge on any atom is 0.306 e. The van der Waals surface area contributed by atoms with E-state index in [1.807, 2.05) is 6.92 Å². The highest BCUT2D eigenvalue weighted by Gasteiger charge is 2.44. The quantitative estimate of drug-likeness (QED) is 0.783. The van der Waals surface area contributed by atoms with Gasteiger partial charge in [0.2, 0.25) is 5.91 Å². The molecule has 0 unspecified atom stereocenters. The van der Waals surface area contributed by atoms with Crippen LogP contribution in [0.15, 0.2) is 0 Å². The fraction of sp³-hybridized carbons (Fsp3) is 0.824. The summed E-state index contributed by atoms with van der Waals surface area (Å²) in [6, 6.07) is 0. The fourth-order valence-electron chi connectivity index (χ4n) is 3.74. The Morgan fingerprint density at radius 2 is 1.79 bits per heavy atom. The molecule has 2 rings (SSSR count). The van der Waals surface area contributed by atoms with E-state index in [2.05, 4.69) is 0 Å². The third-order valence-electron chi connectivity index (χ3n) is 5.14. The van der Waals surface area contributed by atoms with Crippen molar-refractivity contribution < 1.29 is 24.2 Å². The smallest absolute Gasteiger partial charge is 0.306 e. The van der Waals surface area contributed by atoms with Crippen molar-refractivity contribution in [3.05, 3.63) is 0 Å². The highest BCUT2D eigenvalue weighted by atomic mass is 16.5. The van der Waals surface area contributed by atoms with Crippen LogP contribution in [0.5, 0.6) is 0 Å². The summed E-state index contributed by atoms with van der Waals surface area (Å²) in [4.78, 5) is 39.3. The van der Waals surface area contributed by atoms with Gasteiger partial charge in [-0.2, -0.15) is 0 Å². The van der Waals surface area contributed by atoms with Crippen LogP contribution in [0.2, 0.25) is 0 Å². The number of likely N-dealkylation sites (tertiary alicyclic amines) is 1. The first-order valence-electron chi connectivity index (χ1n) is 8.79. The second-order valence-corrected chi connectivity index (χ2v) is 6.79. The zero-order valence-corrected chi connectivity index (χ0v) is 14.6. The highest BCUT2D eigenvalue weighted by Crippen LogP contribution is 2.34. The highest BCUT2D eigenvalue weighted by molar-refractivity contribution is 5.89. The molecule has 0 spiro atoms. The van der Waals surface area contributed by atoms with Crippen LogP contribution in [0, 0.1) is 5.92 Å². The first kappa shape index (κ1) is 18.7. The molecule has 0 radical (unpaired) electrons. The Bertz CT molecular complexity index is 479. The Balaban J connectivity index is 1.89. The minimum atomic E-state index is -0.797. The standard InChI is InChI=1S/C17H28N2O5/c1-3-24-17(8-4-5-9-17)16(23)18(2)12-14(20)19-10-6-13(7-11-19)15(21)22/h13H,3-12H2,1-2H3,(H,21,22). The lowest BCUT2D eigenvalue weighted by molar-refractivity contribution is -0.159. The van der Waals surface area contributed by atoms with Crippen molar-refractivity contribution in [1.82, 2.24) is 9.80 Å². The lowest BCUT2D eigenvalue weighted by Crippen LogP contribution is -2.51. The Morgan fingerprint density at radius 1 is 1.21 bits per heavy atom. The van der Waals surface area contributed by atoms with Gasteiger partial charge in [0.15, 0.2) is 0 Å². The molecule has 1 saturated heterocycles. The van der Waals surface area contributed by atoms with E-state index in [-0.39, 0.29) is 24.3 Å². The van der Waals surface area contributed by atoms with Crippen LogP contribution in [0.3, 0.4) is 0 Å². The van der Waals surface area contributed by atoms with Crippen molar-refractivity contribution in [3.63, 3.8) is 0 Å². The number of carboxylic acids is 1. The molecule has 2 fully saturated rings. The SMILES string of the molecule is CCOC1(C(=O)N(C)CC(=O)N2CCC(C(=O)O)CC2)CCCC1. The molecule has 136 valence electrons. The van der Waals surface area contributed by atoms with E-state index in [9.17, 15) is 14.4 Å². The second kappa shape index (κ2) is 7.96. The number of hydrogen-bond donors (Lipinski definition) is 1. The number of carbonyl (C=O) groups is 3. The van der Waals surface area contributed by atoms with E-state index in [4.69, 9.17) is 9.84 Å². The largest absolute Gasteiger partial charge is 0.481 e. The molecule has 1 aliphatic heterocycles. The number of hydrogen-bond acceptors (Lipinski definition) is 4. The molecule has 1 N–H and O–H groups in total. The van der Waals surface area contributed by atoms with E-state index in [0.29, 0.717) is 45.4 Å². The number of rotatable bonds is 6. The predicted molar refractivity (Wildman–Crippen MR) is 87.4 cm³/mol. The van der Waals surface area contributed by atoms with E-state index >= 15 is 0 Å². The number of amides is 2. The van der Waals surface area contributed by atoms with E-state index in [0.717, 1.165) is 12.8 Å². The third-order valence-corrected chi connectivity index (χ3v) is 5.14. The number of piperidine rings is 1. The van der Waals surface area contributed by atoms with Crippen molar-refractivity contribution in [2.45, 2.75) is 51.0 Å². The molecule has 0 atom stereocenters. The lowest BCUT2D eigenvalue weighted by Gasteiger charge is -2.34. The molecule has 0 aromatic heterocycles. The summed E-state index contributed by atoms with van der Waals surface area (Å²) in [5, 5.41) is 9.01. The summed E-state index contributed by atoms with van der Waals surface area (Å²) in [5.74, 6) is -1.41. The molecular weight excluding hydrogens is 312 g/mol. The molecule has 0 aromatic rings. The van der Waals surface area contributed by atoms with Gasteiger partial charge in [0.05, 0.1) is 12.5 Å². The first-order valence-corrected chi connectivity index (χ1v) is 8.79. The normalized spacial score (nSPS) is 20.8. The number of ether oxygens (including phenoxy) is 1. The van der Waals surface area contributed by atoms with E-state index in [1.54, 1.807) is 11.9 Å². The maximum atomic E-state index is 12.8. The van der Waals surface area contributed by atoms with Crippen LogP contribution in [-0.4, -0.2) is 71.6 Å². The summed E-state index contributed by atoms with van der Waals surface area (Å²) in [5.41, 5.74) is -0.764. The number of aliphatic carboxylic acids is 1. The van der Waals surface area contributed by atoms with Gasteiger partial charge in [0.25, 0.3) is 5.91 Å². The number of nitrogens with zero attached hydrogens (tertiary/aromatic N) is 2. The summed E-state index contributed by atoms with van der Waals surface area (Å²) in [7, 11) is 1.64. The number of carboxylic acid groups (broad SMARTS) is 1. The topological polar surface area (TPSA) is 87.2 Å². The van der Waals surface area contributed by atoms with Gasteiger partial charge in [-0.25, -0.2) is 0 Å². The molecule has 0 aromatic carbocycles. The van der Waals surface area contributed by atoms with Gasteiger partial charge in [-0.3, -0.25) is 14.4 Å². The molecule has 2 amide bonds. The zero-order valence-electron chi connectivity index (χ0n) is 14.6. The number of carbonyl (C=O) groups excluding carboxylic acids is 2. The summed E-state index contributed by atoms with van der Waals surface area (Å²) in [6.45, 7) is 3.26. The van der Waals surface area contributed by atoms with Crippen LogP contribution in [0.1, 0.15) is 45.4 Å². The average molecular weight is 340 g/mol. The molecule has 1 heterocycles. The molecule has 24 heavy (non-hydrogen) atoms. The molecular formula is C17H28N2O5. The van der Waals surface area contributed by atoms with Gasteiger partial charge >= 0.3 is 5.97 Å². The fourth-order valence-corrected chi connectivity index (χ4v) is 3.74. The van der Waals surface area contributed by atoms with Gasteiger partial charge in [-0.15, -0.1) is 0 Å². The van der Waals surface area contributed by atoms with Crippen molar-refractivity contribution >= 4 is 17.8 Å². The van der Waals surface area contributed by atoms with Crippen LogP contribution >= 0.6 is 0 Å². The van der Waals surface area contributed by atoms with Gasteiger partial charge in [0, 0.05) is 26.7 Å². The van der Waals surface area contributed by atoms with Gasteiger partial charge in [0.1, 0.15) is 5.60 Å². The Hall–Kier alpha value is -1.63. The molecule has 7 heteroatoms. The summed E-state index contributed by atoms with van der Waals surface area (Å²) >= 11 is 0. The van der Waals surface area contributed by atoms with Crippen molar-refractivity contribution in [2.24, 2.45) is 5.92 Å². The second-order valence-electron chi connectivity index (χ2n) is 6.79. The lowest BCUT2D eigenvalue weighted by atomic mass is 9.97. The minimum Gasteiger partial charge on any atom is -0.481 e. The van der Waals surface area contributed by atoms with Gasteiger partial charge in [-0.1, -0.05) is 0 Å². The van der Waals surface area contributed by atoms with Gasteiger partial charge in [-0.05, 0) is 45.4 Å². The zero-order chi connectivity index (χ0) is 17.7. The minimum absolute atomic E-state index is 0.0192. The maximum absolute atomic E-state index is 12.8. The average Bonchev–Trinajstić information content (AvgIpc) is 3.04. The number of likely N-dealkylation sites (N-methyl/N-ethyl adjacent to an activating group) is 1. The van der Waals surface area contributed by atoms with E-state index in [1.165, 1.54) is 4.90 Å². The third kappa shape index (κ3) is 4.06. The van der Waals surface area contributed by atoms with Crippen LogP contribution < -0.4 is 0 Å². The van der Waals surface area contributed by atoms with Crippen LogP contribution in [0.4, 0.5) is 0 Å². The molecule has 0 bridgehead atoms. The first-order chi connectivity index (χ1) is 11.4. The molecule has 2 aliphatic rings. The Morgan fingerprint density at radius 3 is 2.29 bits per heavy atom. The van der Waals surface area contributed by atoms with Crippen molar-refractivity contribution in [1.29, 1.82) is 0 Å². The van der Waals surface area contributed by atoms with E-state index < -0.39 is 11.6 Å². The molecule has 1 aliphatic carbocycles. The van der Waals surface area contributed by atoms with Crippen LogP contribution in [-0.2, 0) is 19.1 Å². The van der Waals surface area contributed by atoms with Crippen molar-refractivity contribution in [3.8, 4) is 0 Å². The summed E-state index contributed by atoms with van der Waals surface area (Å²) < 4.78 is 5.76. The van der Waals surface area contributed by atoms with Gasteiger partial charge < -0.3 is 19.6 Å². The molecule has 7 nitrogen and oxygen atoms in total. The monoisotopic (exact) mass is 340 g/mol. The Labute approximate surface area is 142 Å². The Kier molecular flexibility index (Phi) is 6.21. The predicted octanol–water partition coefficient (Wildman–Crippen LogP) is 1.12. The van der Waals surface area contributed by atoms with Crippen molar-refractivity contribution in [2.75, 3.05) is 33.3 Å². The molecule has 1 saturated carbocycles.